The number of nitrogens with one attached hydrogen (secondary N) is 2. The number of rotatable bonds is 6. The number of methoxy groups -OCH3 is 1. The van der Waals surface area contributed by atoms with E-state index in [1.165, 1.54) is 35.7 Å². The van der Waals surface area contributed by atoms with Crippen LogP contribution in [0.25, 0.3) is 10.9 Å². The molecule has 0 spiro atoms. The molecule has 3 N–H and O–H groups in total. The van der Waals surface area contributed by atoms with E-state index in [1.807, 2.05) is 0 Å². The van der Waals surface area contributed by atoms with E-state index in [4.69, 9.17) is 16.3 Å². The lowest BCUT2D eigenvalue weighted by Crippen LogP contribution is -2.49. The molecule has 0 radical (unpaired) electrons. The summed E-state index contributed by atoms with van der Waals surface area (Å²) in [4.78, 5) is 15.9. The van der Waals surface area contributed by atoms with E-state index in [9.17, 15) is 22.7 Å². The van der Waals surface area contributed by atoms with E-state index in [0.29, 0.717) is 23.7 Å². The molecule has 1 aliphatic rings. The van der Waals surface area contributed by atoms with Crippen LogP contribution in [0.3, 0.4) is 0 Å². The molecule has 0 atom stereocenters. The van der Waals surface area contributed by atoms with Gasteiger partial charge in [-0.05, 0) is 49.2 Å². The first-order chi connectivity index (χ1) is 15.7. The summed E-state index contributed by atoms with van der Waals surface area (Å²) in [6.07, 6.45) is 2.31. The van der Waals surface area contributed by atoms with E-state index in [0.717, 1.165) is 6.07 Å². The van der Waals surface area contributed by atoms with Crippen LogP contribution in [0.15, 0.2) is 47.5 Å². The molecule has 1 fully saturated rings. The summed E-state index contributed by atoms with van der Waals surface area (Å²) < 4.78 is 46.9. The molecule has 0 unspecified atom stereocenters. The van der Waals surface area contributed by atoms with Gasteiger partial charge in [0.1, 0.15) is 5.82 Å². The normalized spacial score (nSPS) is 16.7. The van der Waals surface area contributed by atoms with Crippen LogP contribution in [-0.4, -0.2) is 61.1 Å². The molecular formula is C22H23ClFN3O5S. The zero-order valence-corrected chi connectivity index (χ0v) is 19.3. The number of amides is 1. The number of aromatic nitrogens is 1. The highest BCUT2D eigenvalue weighted by Gasteiger charge is 2.38. The second kappa shape index (κ2) is 9.03. The number of fused-ring (bicyclic) bond motifs is 1. The highest BCUT2D eigenvalue weighted by atomic mass is 35.5. The first-order valence-electron chi connectivity index (χ1n) is 10.2. The molecule has 1 amide bonds. The summed E-state index contributed by atoms with van der Waals surface area (Å²) in [5.74, 6) is -1.17. The Balaban J connectivity index is 1.66. The third-order valence-corrected chi connectivity index (χ3v) is 8.22. The Morgan fingerprint density at radius 1 is 1.27 bits per heavy atom. The van der Waals surface area contributed by atoms with Gasteiger partial charge in [-0.25, -0.2) is 12.8 Å². The largest absolute Gasteiger partial charge is 0.393 e. The van der Waals surface area contributed by atoms with E-state index in [2.05, 4.69) is 10.3 Å². The number of carbonyl (C=O) groups excluding carboxylic acids is 1. The smallest absolute Gasteiger partial charge is 0.256 e. The van der Waals surface area contributed by atoms with Crippen LogP contribution in [-0.2, 0) is 14.8 Å². The summed E-state index contributed by atoms with van der Waals surface area (Å²) in [6.45, 7) is 0.160. The Morgan fingerprint density at radius 3 is 2.64 bits per heavy atom. The second-order valence-electron chi connectivity index (χ2n) is 7.94. The predicted octanol–water partition coefficient (Wildman–Crippen LogP) is 3.37. The van der Waals surface area contributed by atoms with Crippen LogP contribution >= 0.6 is 11.6 Å². The Labute approximate surface area is 195 Å². The van der Waals surface area contributed by atoms with Gasteiger partial charge in [-0.1, -0.05) is 11.6 Å². The maximum Gasteiger partial charge on any atom is 0.256 e. The number of ether oxygens (including phenoxy) is 1. The van der Waals surface area contributed by atoms with Gasteiger partial charge >= 0.3 is 0 Å². The fraction of sp³-hybridized carbons (Fsp3) is 0.318. The number of anilines is 1. The summed E-state index contributed by atoms with van der Waals surface area (Å²) >= 11 is 5.79. The minimum atomic E-state index is -3.91. The van der Waals surface area contributed by atoms with Gasteiger partial charge in [0, 0.05) is 43.0 Å². The van der Waals surface area contributed by atoms with Crippen LogP contribution in [0, 0.1) is 5.82 Å². The molecule has 11 heteroatoms. The molecule has 0 aliphatic carbocycles. The van der Waals surface area contributed by atoms with E-state index in [1.54, 1.807) is 12.3 Å². The van der Waals surface area contributed by atoms with Crippen molar-refractivity contribution in [3.8, 4) is 0 Å². The molecule has 1 aliphatic heterocycles. The van der Waals surface area contributed by atoms with Crippen LogP contribution in [0.1, 0.15) is 23.2 Å². The average molecular weight is 496 g/mol. The van der Waals surface area contributed by atoms with Gasteiger partial charge in [0.25, 0.3) is 5.91 Å². The fourth-order valence-corrected chi connectivity index (χ4v) is 5.64. The number of halogens is 2. The van der Waals surface area contributed by atoms with Crippen molar-refractivity contribution in [2.24, 2.45) is 0 Å². The Kier molecular flexibility index (Phi) is 6.47. The SMILES string of the molecule is COC1(CO)CCN(S(=O)(=O)c2cc(C(=O)Nc3ccc(F)c(Cl)c3)c3cc[nH]c3c2)CC1. The Hall–Kier alpha value is -2.50. The Morgan fingerprint density at radius 2 is 2.00 bits per heavy atom. The number of aromatic amines is 1. The average Bonchev–Trinajstić information content (AvgIpc) is 3.29. The van der Waals surface area contributed by atoms with Gasteiger partial charge in [0.05, 0.1) is 27.7 Å². The van der Waals surface area contributed by atoms with Crippen molar-refractivity contribution in [2.45, 2.75) is 23.3 Å². The molecule has 2 heterocycles. The third-order valence-electron chi connectivity index (χ3n) is 6.06. The second-order valence-corrected chi connectivity index (χ2v) is 10.3. The number of aliphatic hydroxyl groups is 1. The number of benzene rings is 2. The number of hydrogen-bond acceptors (Lipinski definition) is 5. The minimum Gasteiger partial charge on any atom is -0.393 e. The van der Waals surface area contributed by atoms with E-state index in [-0.39, 0.29) is 40.9 Å². The number of piperidine rings is 1. The topological polar surface area (TPSA) is 112 Å². The Bertz CT molecular complexity index is 1300. The summed E-state index contributed by atoms with van der Waals surface area (Å²) in [5.41, 5.74) is 0.152. The van der Waals surface area contributed by atoms with Gasteiger partial charge in [-0.15, -0.1) is 0 Å². The van der Waals surface area contributed by atoms with Crippen molar-refractivity contribution < 1.29 is 27.4 Å². The van der Waals surface area contributed by atoms with Gasteiger partial charge < -0.3 is 20.1 Å². The molecule has 0 saturated carbocycles. The number of nitrogens with zero attached hydrogens (tertiary/aromatic N) is 1. The van der Waals surface area contributed by atoms with Crippen molar-refractivity contribution >= 4 is 44.1 Å². The van der Waals surface area contributed by atoms with Crippen molar-refractivity contribution in [2.75, 3.05) is 32.1 Å². The van der Waals surface area contributed by atoms with Crippen LogP contribution in [0.4, 0.5) is 10.1 Å². The first-order valence-corrected chi connectivity index (χ1v) is 12.0. The summed E-state index contributed by atoms with van der Waals surface area (Å²) in [5, 5.41) is 12.7. The molecule has 8 nitrogen and oxygen atoms in total. The molecule has 1 saturated heterocycles. The molecule has 4 rings (SSSR count). The zero-order chi connectivity index (χ0) is 23.8. The highest BCUT2D eigenvalue weighted by molar-refractivity contribution is 7.89. The molecule has 3 aromatic rings. The van der Waals surface area contributed by atoms with Gasteiger partial charge in [0.15, 0.2) is 0 Å². The minimum absolute atomic E-state index is 0.0337. The maximum absolute atomic E-state index is 13.4. The quantitative estimate of drug-likeness (QED) is 0.485. The van der Waals surface area contributed by atoms with Crippen molar-refractivity contribution in [3.05, 3.63) is 59.0 Å². The third kappa shape index (κ3) is 4.49. The number of carbonyl (C=O) groups is 1. The van der Waals surface area contributed by atoms with Crippen LogP contribution in [0.2, 0.25) is 5.02 Å². The summed E-state index contributed by atoms with van der Waals surface area (Å²) in [6, 6.07) is 8.27. The van der Waals surface area contributed by atoms with E-state index < -0.39 is 27.3 Å². The van der Waals surface area contributed by atoms with Crippen LogP contribution in [0.5, 0.6) is 0 Å². The first kappa shape index (κ1) is 23.7. The van der Waals surface area contributed by atoms with Gasteiger partial charge in [-0.3, -0.25) is 4.79 Å². The number of H-pyrrole nitrogens is 1. The molecule has 1 aromatic heterocycles. The monoisotopic (exact) mass is 495 g/mol. The fourth-order valence-electron chi connectivity index (χ4n) is 3.96. The lowest BCUT2D eigenvalue weighted by molar-refractivity contribution is -0.0799. The molecule has 33 heavy (non-hydrogen) atoms. The highest BCUT2D eigenvalue weighted by Crippen LogP contribution is 2.31. The molecule has 176 valence electrons. The predicted molar refractivity (Wildman–Crippen MR) is 122 cm³/mol. The lowest BCUT2D eigenvalue weighted by atomic mass is 9.93. The lowest BCUT2D eigenvalue weighted by Gasteiger charge is -2.38. The van der Waals surface area contributed by atoms with Crippen molar-refractivity contribution in [1.82, 2.24) is 9.29 Å². The van der Waals surface area contributed by atoms with Crippen molar-refractivity contribution in [1.29, 1.82) is 0 Å². The van der Waals surface area contributed by atoms with Crippen LogP contribution < -0.4 is 5.32 Å². The summed E-state index contributed by atoms with van der Waals surface area (Å²) in [7, 11) is -2.42. The number of hydrogen-bond donors (Lipinski definition) is 3. The van der Waals surface area contributed by atoms with Gasteiger partial charge in [-0.2, -0.15) is 4.31 Å². The molecule has 2 aromatic carbocycles. The standard InChI is InChI=1S/C22H23ClFN3O5S/c1-32-22(13-28)5-8-27(9-6-22)33(30,31)15-11-17(16-4-7-25-20(16)12-15)21(29)26-14-2-3-19(24)18(23)10-14/h2-4,7,10-12,25,28H,5-6,8-9,13H2,1H3,(H,26,29). The number of aliphatic hydroxyl groups excluding tert-OH is 1. The maximum atomic E-state index is 13.4. The van der Waals surface area contributed by atoms with Gasteiger partial charge in [0.2, 0.25) is 10.0 Å². The number of sulfonamides is 1. The van der Waals surface area contributed by atoms with Crippen molar-refractivity contribution in [3.63, 3.8) is 0 Å². The molecular weight excluding hydrogens is 473 g/mol. The molecule has 0 bridgehead atoms. The van der Waals surface area contributed by atoms with E-state index >= 15 is 0 Å². The zero-order valence-electron chi connectivity index (χ0n) is 17.8.